The van der Waals surface area contributed by atoms with Gasteiger partial charge in [-0.05, 0) is 55.7 Å². The van der Waals surface area contributed by atoms with E-state index in [1.165, 1.54) is 16.6 Å². The molecule has 3 rings (SSSR count). The van der Waals surface area contributed by atoms with Crippen molar-refractivity contribution in [2.45, 2.75) is 39.7 Å². The van der Waals surface area contributed by atoms with Crippen LogP contribution in [-0.4, -0.2) is 9.55 Å². The number of nitrogen functional groups attached to an aromatic ring is 1. The molecule has 3 heteroatoms. The standard InChI is InChI=1S/C19H23N3/c1-4-14-7-10-18-17(11-14)21-19(22(18)13(2)3)12-15-5-8-16(20)9-6-15/h5-11,13H,4,12,20H2,1-3H3. The number of aromatic nitrogens is 2. The van der Waals surface area contributed by atoms with E-state index in [1.807, 2.05) is 12.1 Å². The molecule has 0 amide bonds. The molecule has 0 saturated carbocycles. The zero-order valence-corrected chi connectivity index (χ0v) is 13.5. The zero-order valence-electron chi connectivity index (χ0n) is 13.5. The molecule has 0 aliphatic heterocycles. The van der Waals surface area contributed by atoms with Crippen LogP contribution in [0.3, 0.4) is 0 Å². The Balaban J connectivity index is 2.07. The lowest BCUT2D eigenvalue weighted by molar-refractivity contribution is 0.591. The van der Waals surface area contributed by atoms with Crippen molar-refractivity contribution in [3.63, 3.8) is 0 Å². The first kappa shape index (κ1) is 14.6. The third kappa shape index (κ3) is 2.71. The number of nitrogens with zero attached hydrogens (tertiary/aromatic N) is 2. The summed E-state index contributed by atoms with van der Waals surface area (Å²) in [4.78, 5) is 4.89. The predicted molar refractivity (Wildman–Crippen MR) is 93.2 cm³/mol. The number of fused-ring (bicyclic) bond motifs is 1. The number of anilines is 1. The average molecular weight is 293 g/mol. The largest absolute Gasteiger partial charge is 0.399 e. The van der Waals surface area contributed by atoms with Crippen LogP contribution in [0.1, 0.15) is 43.8 Å². The molecule has 0 aliphatic carbocycles. The Morgan fingerprint density at radius 3 is 2.36 bits per heavy atom. The predicted octanol–water partition coefficient (Wildman–Crippen LogP) is 4.35. The minimum absolute atomic E-state index is 0.390. The minimum atomic E-state index is 0.390. The van der Waals surface area contributed by atoms with E-state index < -0.39 is 0 Å². The molecule has 0 bridgehead atoms. The van der Waals surface area contributed by atoms with Crippen LogP contribution in [-0.2, 0) is 12.8 Å². The van der Waals surface area contributed by atoms with Crippen molar-refractivity contribution in [2.24, 2.45) is 0 Å². The molecule has 0 spiro atoms. The van der Waals surface area contributed by atoms with Crippen molar-refractivity contribution in [1.82, 2.24) is 9.55 Å². The molecule has 114 valence electrons. The van der Waals surface area contributed by atoms with Crippen molar-refractivity contribution in [2.75, 3.05) is 5.73 Å². The van der Waals surface area contributed by atoms with Gasteiger partial charge in [-0.1, -0.05) is 25.1 Å². The maximum Gasteiger partial charge on any atom is 0.114 e. The van der Waals surface area contributed by atoms with Crippen LogP contribution in [0.15, 0.2) is 42.5 Å². The molecule has 0 saturated heterocycles. The quantitative estimate of drug-likeness (QED) is 0.727. The number of nitrogens with two attached hydrogens (primary N) is 1. The first-order valence-electron chi connectivity index (χ1n) is 7.92. The van der Waals surface area contributed by atoms with Crippen molar-refractivity contribution >= 4 is 16.7 Å². The smallest absolute Gasteiger partial charge is 0.114 e. The summed E-state index contributed by atoms with van der Waals surface area (Å²) in [5.74, 6) is 1.11. The molecule has 3 aromatic rings. The van der Waals surface area contributed by atoms with Gasteiger partial charge in [0.25, 0.3) is 0 Å². The van der Waals surface area contributed by atoms with E-state index in [4.69, 9.17) is 10.7 Å². The maximum atomic E-state index is 5.77. The summed E-state index contributed by atoms with van der Waals surface area (Å²) in [6.07, 6.45) is 1.87. The maximum absolute atomic E-state index is 5.77. The molecular weight excluding hydrogens is 270 g/mol. The summed E-state index contributed by atoms with van der Waals surface area (Å²) in [7, 11) is 0. The Hall–Kier alpha value is -2.29. The summed E-state index contributed by atoms with van der Waals surface area (Å²) in [5.41, 5.74) is 11.5. The van der Waals surface area contributed by atoms with Gasteiger partial charge < -0.3 is 10.3 Å². The lowest BCUT2D eigenvalue weighted by Gasteiger charge is -2.13. The molecule has 0 unspecified atom stereocenters. The highest BCUT2D eigenvalue weighted by atomic mass is 15.1. The van der Waals surface area contributed by atoms with Crippen LogP contribution in [0.5, 0.6) is 0 Å². The van der Waals surface area contributed by atoms with Gasteiger partial charge in [0.1, 0.15) is 5.82 Å². The summed E-state index contributed by atoms with van der Waals surface area (Å²) in [6, 6.07) is 15.1. The summed E-state index contributed by atoms with van der Waals surface area (Å²) < 4.78 is 2.34. The fraction of sp³-hybridized carbons (Fsp3) is 0.316. The van der Waals surface area contributed by atoms with E-state index in [-0.39, 0.29) is 0 Å². The van der Waals surface area contributed by atoms with E-state index in [9.17, 15) is 0 Å². The average Bonchev–Trinajstić information content (AvgIpc) is 2.86. The van der Waals surface area contributed by atoms with Gasteiger partial charge in [0.05, 0.1) is 11.0 Å². The van der Waals surface area contributed by atoms with Gasteiger partial charge >= 0.3 is 0 Å². The molecule has 1 aromatic heterocycles. The van der Waals surface area contributed by atoms with Crippen LogP contribution >= 0.6 is 0 Å². The monoisotopic (exact) mass is 293 g/mol. The number of aryl methyl sites for hydroxylation is 1. The number of hydrogen-bond acceptors (Lipinski definition) is 2. The van der Waals surface area contributed by atoms with E-state index in [0.717, 1.165) is 29.9 Å². The normalized spacial score (nSPS) is 11.5. The molecule has 0 radical (unpaired) electrons. The minimum Gasteiger partial charge on any atom is -0.399 e. The molecule has 2 N–H and O–H groups in total. The SMILES string of the molecule is CCc1ccc2c(c1)nc(Cc1ccc(N)cc1)n2C(C)C. The van der Waals surface area contributed by atoms with Crippen LogP contribution < -0.4 is 5.73 Å². The zero-order chi connectivity index (χ0) is 15.7. The van der Waals surface area contributed by atoms with Crippen molar-refractivity contribution in [3.05, 3.63) is 59.4 Å². The van der Waals surface area contributed by atoms with Crippen molar-refractivity contribution < 1.29 is 0 Å². The number of benzene rings is 2. The van der Waals surface area contributed by atoms with Crippen LogP contribution in [0.25, 0.3) is 11.0 Å². The highest BCUT2D eigenvalue weighted by Crippen LogP contribution is 2.24. The number of imidazole rings is 1. The second-order valence-electron chi connectivity index (χ2n) is 6.09. The molecule has 0 atom stereocenters. The number of rotatable bonds is 4. The van der Waals surface area contributed by atoms with Crippen molar-refractivity contribution in [3.8, 4) is 0 Å². The first-order valence-corrected chi connectivity index (χ1v) is 7.92. The third-order valence-electron chi connectivity index (χ3n) is 4.09. The highest BCUT2D eigenvalue weighted by molar-refractivity contribution is 5.77. The molecule has 22 heavy (non-hydrogen) atoms. The van der Waals surface area contributed by atoms with Gasteiger partial charge in [0, 0.05) is 18.2 Å². The number of hydrogen-bond donors (Lipinski definition) is 1. The Bertz CT molecular complexity index is 782. The van der Waals surface area contributed by atoms with Gasteiger partial charge in [-0.25, -0.2) is 4.98 Å². The van der Waals surface area contributed by atoms with Gasteiger partial charge in [0.2, 0.25) is 0 Å². The van der Waals surface area contributed by atoms with Crippen LogP contribution in [0.2, 0.25) is 0 Å². The van der Waals surface area contributed by atoms with E-state index in [0.29, 0.717) is 6.04 Å². The van der Waals surface area contributed by atoms with Crippen LogP contribution in [0.4, 0.5) is 5.69 Å². The summed E-state index contributed by atoms with van der Waals surface area (Å²) >= 11 is 0. The topological polar surface area (TPSA) is 43.8 Å². The highest BCUT2D eigenvalue weighted by Gasteiger charge is 2.14. The third-order valence-corrected chi connectivity index (χ3v) is 4.09. The fourth-order valence-corrected chi connectivity index (χ4v) is 2.93. The van der Waals surface area contributed by atoms with Gasteiger partial charge in [-0.15, -0.1) is 0 Å². The first-order chi connectivity index (χ1) is 10.6. The molecular formula is C19H23N3. The van der Waals surface area contributed by atoms with E-state index >= 15 is 0 Å². The van der Waals surface area contributed by atoms with Crippen LogP contribution in [0, 0.1) is 0 Å². The Morgan fingerprint density at radius 1 is 1.05 bits per heavy atom. The van der Waals surface area contributed by atoms with E-state index in [2.05, 4.69) is 55.7 Å². The second kappa shape index (κ2) is 5.84. The van der Waals surface area contributed by atoms with Gasteiger partial charge in [-0.3, -0.25) is 0 Å². The van der Waals surface area contributed by atoms with E-state index in [1.54, 1.807) is 0 Å². The molecule has 0 fully saturated rings. The molecule has 3 nitrogen and oxygen atoms in total. The Kier molecular flexibility index (Phi) is 3.88. The molecule has 1 heterocycles. The van der Waals surface area contributed by atoms with Gasteiger partial charge in [-0.2, -0.15) is 0 Å². The molecule has 0 aliphatic rings. The second-order valence-corrected chi connectivity index (χ2v) is 6.09. The fourth-order valence-electron chi connectivity index (χ4n) is 2.93. The lowest BCUT2D eigenvalue weighted by atomic mass is 10.1. The summed E-state index contributed by atoms with van der Waals surface area (Å²) in [6.45, 7) is 6.60. The van der Waals surface area contributed by atoms with Crippen molar-refractivity contribution in [1.29, 1.82) is 0 Å². The molecule has 2 aromatic carbocycles. The summed E-state index contributed by atoms with van der Waals surface area (Å²) in [5, 5.41) is 0. The van der Waals surface area contributed by atoms with Gasteiger partial charge in [0.15, 0.2) is 0 Å². The Labute approximate surface area is 131 Å². The Morgan fingerprint density at radius 2 is 1.73 bits per heavy atom. The lowest BCUT2D eigenvalue weighted by Crippen LogP contribution is -2.07.